The highest BCUT2D eigenvalue weighted by Crippen LogP contribution is 2.54. The second-order valence-corrected chi connectivity index (χ2v) is 8.36. The van der Waals surface area contributed by atoms with Crippen LogP contribution in [0.5, 0.6) is 0 Å². The number of hydrogen-bond acceptors (Lipinski definition) is 3. The number of carbonyl (C=O) groups excluding carboxylic acids is 1. The van der Waals surface area contributed by atoms with E-state index >= 15 is 0 Å². The lowest BCUT2D eigenvalue weighted by Crippen LogP contribution is -2.36. The number of fused-ring (bicyclic) bond motifs is 2. The first-order valence-electron chi connectivity index (χ1n) is 9.11. The van der Waals surface area contributed by atoms with Crippen LogP contribution in [0.2, 0.25) is 0 Å². The van der Waals surface area contributed by atoms with Gasteiger partial charge < -0.3 is 9.84 Å². The summed E-state index contributed by atoms with van der Waals surface area (Å²) < 4.78 is 5.30. The molecule has 0 saturated heterocycles. The van der Waals surface area contributed by atoms with Crippen molar-refractivity contribution in [2.45, 2.75) is 58.5 Å². The van der Waals surface area contributed by atoms with E-state index in [9.17, 15) is 9.90 Å². The van der Waals surface area contributed by atoms with Crippen molar-refractivity contribution in [3.63, 3.8) is 0 Å². The molecule has 3 rings (SSSR count). The summed E-state index contributed by atoms with van der Waals surface area (Å²) in [6.45, 7) is 11.0. The van der Waals surface area contributed by atoms with Crippen LogP contribution >= 0.6 is 0 Å². The Balaban J connectivity index is 2.16. The second kappa shape index (κ2) is 5.96. The molecule has 1 saturated carbocycles. The maximum absolute atomic E-state index is 12.9. The third-order valence-electron chi connectivity index (χ3n) is 6.42. The predicted molar refractivity (Wildman–Crippen MR) is 95.6 cm³/mol. The molecule has 1 N–H and O–H groups in total. The number of ketones is 1. The number of allylic oxidation sites excluding steroid dienone is 4. The molecule has 3 aliphatic carbocycles. The Bertz CT molecular complexity index is 639. The zero-order valence-corrected chi connectivity index (χ0v) is 15.4. The van der Waals surface area contributed by atoms with E-state index in [4.69, 9.17) is 4.74 Å². The Kier molecular flexibility index (Phi) is 4.38. The minimum Gasteiger partial charge on any atom is -0.383 e. The van der Waals surface area contributed by atoms with Crippen molar-refractivity contribution in [1.82, 2.24) is 0 Å². The van der Waals surface area contributed by atoms with Gasteiger partial charge in [-0.15, -0.1) is 0 Å². The molecule has 0 radical (unpaired) electrons. The van der Waals surface area contributed by atoms with Crippen LogP contribution in [0.15, 0.2) is 34.9 Å². The molecule has 0 aliphatic heterocycles. The molecule has 0 bridgehead atoms. The molecule has 3 heteroatoms. The fourth-order valence-electron chi connectivity index (χ4n) is 4.98. The largest absolute Gasteiger partial charge is 0.383 e. The lowest BCUT2D eigenvalue weighted by molar-refractivity contribution is -0.115. The van der Waals surface area contributed by atoms with Crippen LogP contribution in [0.3, 0.4) is 0 Å². The number of aliphatic hydroxyl groups is 1. The van der Waals surface area contributed by atoms with E-state index in [1.807, 2.05) is 0 Å². The third kappa shape index (κ3) is 2.62. The molecule has 0 amide bonds. The highest BCUT2D eigenvalue weighted by molar-refractivity contribution is 5.98. The summed E-state index contributed by atoms with van der Waals surface area (Å²) in [6, 6.07) is 0. The van der Waals surface area contributed by atoms with Crippen molar-refractivity contribution in [1.29, 1.82) is 0 Å². The molecule has 0 spiro atoms. The lowest BCUT2D eigenvalue weighted by atomic mass is 9.71. The van der Waals surface area contributed by atoms with E-state index in [2.05, 4.69) is 33.4 Å². The Morgan fingerprint density at radius 2 is 2.12 bits per heavy atom. The van der Waals surface area contributed by atoms with Gasteiger partial charge in [0, 0.05) is 24.9 Å². The maximum atomic E-state index is 12.9. The zero-order chi connectivity index (χ0) is 17.7. The van der Waals surface area contributed by atoms with Gasteiger partial charge in [0.1, 0.15) is 5.60 Å². The van der Waals surface area contributed by atoms with Crippen LogP contribution in [0.4, 0.5) is 0 Å². The summed E-state index contributed by atoms with van der Waals surface area (Å²) >= 11 is 0. The molecule has 24 heavy (non-hydrogen) atoms. The van der Waals surface area contributed by atoms with E-state index in [0.717, 1.165) is 24.8 Å². The molecule has 1 fully saturated rings. The predicted octanol–water partition coefficient (Wildman–Crippen LogP) is 3.98. The summed E-state index contributed by atoms with van der Waals surface area (Å²) in [4.78, 5) is 12.9. The smallest absolute Gasteiger partial charge is 0.162 e. The standard InChI is InChI=1S/C21H30O3/c1-13(2)15-6-8-20(4)11-18-16(7-9-21(18,23)12-24-5)14(3)19(22)10-17(15)20/h11,13,16,23H,3,6-10,12H2,1-2,4-5H3/b18-11+/t16-,20+,21-/m0/s1. The van der Waals surface area contributed by atoms with Gasteiger partial charge in [0.2, 0.25) is 0 Å². The van der Waals surface area contributed by atoms with Crippen LogP contribution in [-0.2, 0) is 9.53 Å². The fourth-order valence-corrected chi connectivity index (χ4v) is 4.98. The zero-order valence-electron chi connectivity index (χ0n) is 15.4. The van der Waals surface area contributed by atoms with Gasteiger partial charge in [-0.25, -0.2) is 0 Å². The molecule has 0 aromatic rings. The highest BCUT2D eigenvalue weighted by Gasteiger charge is 2.49. The average molecular weight is 330 g/mol. The minimum absolute atomic E-state index is 0.0286. The highest BCUT2D eigenvalue weighted by atomic mass is 16.5. The van der Waals surface area contributed by atoms with E-state index < -0.39 is 5.60 Å². The van der Waals surface area contributed by atoms with Crippen LogP contribution in [0.1, 0.15) is 52.9 Å². The summed E-state index contributed by atoms with van der Waals surface area (Å²) in [5, 5.41) is 11.2. The topological polar surface area (TPSA) is 46.5 Å². The number of methoxy groups -OCH3 is 1. The van der Waals surface area contributed by atoms with Crippen molar-refractivity contribution in [3.05, 3.63) is 34.9 Å². The number of carbonyl (C=O) groups is 1. The normalized spacial score (nSPS) is 38.8. The molecule has 3 atom stereocenters. The minimum atomic E-state index is -0.964. The second-order valence-electron chi connectivity index (χ2n) is 8.36. The first-order valence-corrected chi connectivity index (χ1v) is 9.11. The number of ether oxygens (including phenoxy) is 1. The number of rotatable bonds is 3. The van der Waals surface area contributed by atoms with Crippen molar-refractivity contribution in [2.75, 3.05) is 13.7 Å². The molecular formula is C21H30O3. The van der Waals surface area contributed by atoms with E-state index in [1.165, 1.54) is 11.1 Å². The molecule has 3 aliphatic rings. The summed E-state index contributed by atoms with van der Waals surface area (Å²) in [5.74, 6) is 0.575. The van der Waals surface area contributed by atoms with Gasteiger partial charge in [-0.3, -0.25) is 4.79 Å². The molecule has 0 aromatic carbocycles. The van der Waals surface area contributed by atoms with Crippen LogP contribution in [0, 0.1) is 17.3 Å². The van der Waals surface area contributed by atoms with Gasteiger partial charge in [-0.05, 0) is 42.7 Å². The molecule has 3 nitrogen and oxygen atoms in total. The maximum Gasteiger partial charge on any atom is 0.162 e. The van der Waals surface area contributed by atoms with E-state index in [-0.39, 0.29) is 23.7 Å². The van der Waals surface area contributed by atoms with Gasteiger partial charge in [-0.2, -0.15) is 0 Å². The average Bonchev–Trinajstić information content (AvgIpc) is 2.98. The van der Waals surface area contributed by atoms with Crippen LogP contribution < -0.4 is 0 Å². The van der Waals surface area contributed by atoms with Crippen molar-refractivity contribution < 1.29 is 14.6 Å². The van der Waals surface area contributed by atoms with Gasteiger partial charge >= 0.3 is 0 Å². The Hall–Kier alpha value is -1.19. The monoisotopic (exact) mass is 330 g/mol. The van der Waals surface area contributed by atoms with Gasteiger partial charge in [0.05, 0.1) is 6.61 Å². The third-order valence-corrected chi connectivity index (χ3v) is 6.42. The van der Waals surface area contributed by atoms with Crippen molar-refractivity contribution in [3.8, 4) is 0 Å². The SMILES string of the molecule is C=C1C(=O)CC2=C(C(C)C)CC[C@]2(C)/C=C2\[C@H]1CC[C@]2(O)COC. The molecule has 132 valence electrons. The summed E-state index contributed by atoms with van der Waals surface area (Å²) in [5.41, 5.74) is 3.22. The number of hydrogen-bond donors (Lipinski definition) is 1. The Morgan fingerprint density at radius 3 is 2.75 bits per heavy atom. The molecule has 0 heterocycles. The van der Waals surface area contributed by atoms with Crippen molar-refractivity contribution in [2.24, 2.45) is 17.3 Å². The Labute approximate surface area is 145 Å². The first-order chi connectivity index (χ1) is 11.2. The van der Waals surface area contributed by atoms with Gasteiger partial charge in [0.25, 0.3) is 0 Å². The quantitative estimate of drug-likeness (QED) is 0.629. The lowest BCUT2D eigenvalue weighted by Gasteiger charge is -2.34. The van der Waals surface area contributed by atoms with E-state index in [1.54, 1.807) is 7.11 Å². The summed E-state index contributed by atoms with van der Waals surface area (Å²) in [7, 11) is 1.62. The van der Waals surface area contributed by atoms with Gasteiger partial charge in [-0.1, -0.05) is 44.6 Å². The molecular weight excluding hydrogens is 300 g/mol. The fraction of sp³-hybridized carbons (Fsp3) is 0.667. The first kappa shape index (κ1) is 17.6. The van der Waals surface area contributed by atoms with E-state index in [0.29, 0.717) is 24.3 Å². The Morgan fingerprint density at radius 1 is 1.42 bits per heavy atom. The van der Waals surface area contributed by atoms with Crippen LogP contribution in [0.25, 0.3) is 0 Å². The molecule has 0 unspecified atom stereocenters. The van der Waals surface area contributed by atoms with Crippen LogP contribution in [-0.4, -0.2) is 30.2 Å². The molecule has 0 aromatic heterocycles. The van der Waals surface area contributed by atoms with Gasteiger partial charge in [0.15, 0.2) is 5.78 Å². The van der Waals surface area contributed by atoms with Crippen molar-refractivity contribution >= 4 is 5.78 Å². The summed E-state index contributed by atoms with van der Waals surface area (Å²) in [6.07, 6.45) is 6.24. The number of Topliss-reactive ketones (excluding diaryl/α,β-unsaturated/α-hetero) is 1.